The average molecular weight is 400 g/mol. The van der Waals surface area contributed by atoms with E-state index in [4.69, 9.17) is 9.47 Å². The third-order valence-corrected chi connectivity index (χ3v) is 4.31. The molecule has 0 spiro atoms. The summed E-state index contributed by atoms with van der Waals surface area (Å²) in [6.45, 7) is 2.89. The van der Waals surface area contributed by atoms with Crippen molar-refractivity contribution in [2.75, 3.05) is 19.0 Å². The molecule has 6 nitrogen and oxygen atoms in total. The largest absolute Gasteiger partial charge is 0.492 e. The summed E-state index contributed by atoms with van der Waals surface area (Å²) in [7, 11) is 1.59. The van der Waals surface area contributed by atoms with Gasteiger partial charge in [0.2, 0.25) is 11.0 Å². The predicted molar refractivity (Wildman–Crippen MR) is 92.9 cm³/mol. The smallest absolute Gasteiger partial charge is 0.226 e. The van der Waals surface area contributed by atoms with Crippen molar-refractivity contribution >= 4 is 38.3 Å². The van der Waals surface area contributed by atoms with Crippen LogP contribution in [0.4, 0.5) is 5.13 Å². The molecule has 0 saturated carbocycles. The highest BCUT2D eigenvalue weighted by atomic mass is 79.9. The van der Waals surface area contributed by atoms with E-state index in [0.717, 1.165) is 20.8 Å². The summed E-state index contributed by atoms with van der Waals surface area (Å²) in [5, 5.41) is 11.7. The first-order chi connectivity index (χ1) is 11.1. The predicted octanol–water partition coefficient (Wildman–Crippen LogP) is 3.55. The zero-order valence-electron chi connectivity index (χ0n) is 13.0. The summed E-state index contributed by atoms with van der Waals surface area (Å²) in [6.07, 6.45) is 0.985. The summed E-state index contributed by atoms with van der Waals surface area (Å²) in [4.78, 5) is 11.8. The van der Waals surface area contributed by atoms with Gasteiger partial charge in [0.25, 0.3) is 0 Å². The third-order valence-electron chi connectivity index (χ3n) is 2.87. The summed E-state index contributed by atoms with van der Waals surface area (Å²) in [5.74, 6) is 0.682. The Bertz CT molecular complexity index is 663. The molecule has 2 rings (SSSR count). The Labute approximate surface area is 147 Å². The number of amides is 1. The molecule has 23 heavy (non-hydrogen) atoms. The van der Waals surface area contributed by atoms with Gasteiger partial charge in [0.1, 0.15) is 17.4 Å². The number of nitrogens with one attached hydrogen (secondary N) is 1. The molecule has 8 heteroatoms. The average Bonchev–Trinajstić information content (AvgIpc) is 2.93. The van der Waals surface area contributed by atoms with Gasteiger partial charge in [0.05, 0.1) is 11.1 Å². The fraction of sp³-hybridized carbons (Fsp3) is 0.400. The molecule has 0 unspecified atom stereocenters. The van der Waals surface area contributed by atoms with E-state index in [1.165, 1.54) is 11.3 Å². The number of benzene rings is 1. The van der Waals surface area contributed by atoms with Gasteiger partial charge >= 0.3 is 0 Å². The fourth-order valence-corrected chi connectivity index (χ4v) is 3.14. The molecule has 0 atom stereocenters. The lowest BCUT2D eigenvalue weighted by atomic mass is 10.2. The standard InChI is InChI=1S/C15H18BrN3O3S/c1-10-5-6-12(11(16)8-10)22-7-3-4-13(20)17-15-19-18-14(23-15)9-21-2/h5-6,8H,3-4,7,9H2,1-2H3,(H,17,19,20). The first-order valence-corrected chi connectivity index (χ1v) is 8.69. The number of hydrogen-bond acceptors (Lipinski definition) is 6. The van der Waals surface area contributed by atoms with Crippen molar-refractivity contribution in [3.05, 3.63) is 33.2 Å². The van der Waals surface area contributed by atoms with Crippen LogP contribution in [0, 0.1) is 6.92 Å². The highest BCUT2D eigenvalue weighted by Gasteiger charge is 2.08. The first-order valence-electron chi connectivity index (χ1n) is 7.08. The lowest BCUT2D eigenvalue weighted by molar-refractivity contribution is -0.116. The Hall–Kier alpha value is -1.51. The lowest BCUT2D eigenvalue weighted by Crippen LogP contribution is -2.12. The highest BCUT2D eigenvalue weighted by Crippen LogP contribution is 2.25. The summed E-state index contributed by atoms with van der Waals surface area (Å²) < 4.78 is 11.5. The van der Waals surface area contributed by atoms with Crippen LogP contribution in [0.2, 0.25) is 0 Å². The number of aromatic nitrogens is 2. The van der Waals surface area contributed by atoms with Crippen molar-refractivity contribution in [2.45, 2.75) is 26.4 Å². The topological polar surface area (TPSA) is 73.3 Å². The Morgan fingerprint density at radius 3 is 2.96 bits per heavy atom. The van der Waals surface area contributed by atoms with Crippen LogP contribution in [-0.4, -0.2) is 29.8 Å². The molecule has 0 fully saturated rings. The number of methoxy groups -OCH3 is 1. The number of nitrogens with zero attached hydrogens (tertiary/aromatic N) is 2. The summed E-state index contributed by atoms with van der Waals surface area (Å²) in [5.41, 5.74) is 1.16. The van der Waals surface area contributed by atoms with Crippen LogP contribution >= 0.6 is 27.3 Å². The minimum absolute atomic E-state index is 0.100. The highest BCUT2D eigenvalue weighted by molar-refractivity contribution is 9.10. The SMILES string of the molecule is COCc1nnc(NC(=O)CCCOc2ccc(C)cc2Br)s1. The zero-order valence-corrected chi connectivity index (χ0v) is 15.4. The van der Waals surface area contributed by atoms with Gasteiger partial charge in [-0.25, -0.2) is 0 Å². The zero-order chi connectivity index (χ0) is 16.7. The number of aryl methyl sites for hydroxylation is 1. The molecule has 1 N–H and O–H groups in total. The van der Waals surface area contributed by atoms with Crippen LogP contribution in [0.5, 0.6) is 5.75 Å². The molecule has 0 radical (unpaired) electrons. The summed E-state index contributed by atoms with van der Waals surface area (Å²) in [6, 6.07) is 5.90. The lowest BCUT2D eigenvalue weighted by Gasteiger charge is -2.08. The third kappa shape index (κ3) is 5.89. The second-order valence-electron chi connectivity index (χ2n) is 4.87. The van der Waals surface area contributed by atoms with Gasteiger partial charge in [-0.1, -0.05) is 17.4 Å². The van der Waals surface area contributed by atoms with E-state index in [2.05, 4.69) is 31.4 Å². The van der Waals surface area contributed by atoms with E-state index in [0.29, 0.717) is 31.2 Å². The van der Waals surface area contributed by atoms with Crippen molar-refractivity contribution in [3.63, 3.8) is 0 Å². The Morgan fingerprint density at radius 2 is 2.22 bits per heavy atom. The maximum Gasteiger partial charge on any atom is 0.226 e. The molecule has 0 aliphatic rings. The van der Waals surface area contributed by atoms with E-state index < -0.39 is 0 Å². The van der Waals surface area contributed by atoms with E-state index >= 15 is 0 Å². The van der Waals surface area contributed by atoms with E-state index in [9.17, 15) is 4.79 Å². The maximum absolute atomic E-state index is 11.8. The van der Waals surface area contributed by atoms with E-state index in [1.807, 2.05) is 25.1 Å². The second-order valence-corrected chi connectivity index (χ2v) is 6.78. The second kappa shape index (κ2) is 8.95. The number of carbonyl (C=O) groups is 1. The van der Waals surface area contributed by atoms with Gasteiger partial charge < -0.3 is 14.8 Å². The summed E-state index contributed by atoms with van der Waals surface area (Å²) >= 11 is 4.77. The monoisotopic (exact) mass is 399 g/mol. The van der Waals surface area contributed by atoms with Crippen LogP contribution in [0.25, 0.3) is 0 Å². The van der Waals surface area contributed by atoms with Gasteiger partial charge in [-0.2, -0.15) is 0 Å². The number of hydrogen-bond donors (Lipinski definition) is 1. The molecular weight excluding hydrogens is 382 g/mol. The van der Waals surface area contributed by atoms with Gasteiger partial charge in [-0.3, -0.25) is 4.79 Å². The van der Waals surface area contributed by atoms with Crippen molar-refractivity contribution < 1.29 is 14.3 Å². The van der Waals surface area contributed by atoms with E-state index in [1.54, 1.807) is 7.11 Å². The van der Waals surface area contributed by atoms with Crippen LogP contribution in [0.1, 0.15) is 23.4 Å². The number of halogens is 1. The van der Waals surface area contributed by atoms with Crippen molar-refractivity contribution in [2.24, 2.45) is 0 Å². The number of carbonyl (C=O) groups excluding carboxylic acids is 1. The molecule has 0 saturated heterocycles. The van der Waals surface area contributed by atoms with Crippen LogP contribution in [0.15, 0.2) is 22.7 Å². The molecule has 2 aromatic rings. The molecule has 0 bridgehead atoms. The molecule has 0 aliphatic carbocycles. The Morgan fingerprint density at radius 1 is 1.39 bits per heavy atom. The van der Waals surface area contributed by atoms with Gasteiger partial charge in [-0.15, -0.1) is 10.2 Å². The van der Waals surface area contributed by atoms with E-state index in [-0.39, 0.29) is 5.91 Å². The quantitative estimate of drug-likeness (QED) is 0.686. The van der Waals surface area contributed by atoms with Crippen LogP contribution in [-0.2, 0) is 16.1 Å². The van der Waals surface area contributed by atoms with Crippen LogP contribution < -0.4 is 10.1 Å². The first kappa shape index (κ1) is 17.8. The van der Waals surface area contributed by atoms with Crippen molar-refractivity contribution in [3.8, 4) is 5.75 Å². The maximum atomic E-state index is 11.8. The van der Waals surface area contributed by atoms with Crippen molar-refractivity contribution in [1.82, 2.24) is 10.2 Å². The molecule has 1 aromatic carbocycles. The normalized spacial score (nSPS) is 10.6. The van der Waals surface area contributed by atoms with Gasteiger partial charge in [0, 0.05) is 13.5 Å². The molecular formula is C15H18BrN3O3S. The van der Waals surface area contributed by atoms with Gasteiger partial charge in [0.15, 0.2) is 0 Å². The van der Waals surface area contributed by atoms with Crippen LogP contribution in [0.3, 0.4) is 0 Å². The molecule has 1 amide bonds. The van der Waals surface area contributed by atoms with Crippen molar-refractivity contribution in [1.29, 1.82) is 0 Å². The number of ether oxygens (including phenoxy) is 2. The molecule has 1 heterocycles. The fourth-order valence-electron chi connectivity index (χ4n) is 1.81. The number of anilines is 1. The number of rotatable bonds is 8. The minimum Gasteiger partial charge on any atom is -0.492 e. The molecule has 1 aromatic heterocycles. The Balaban J connectivity index is 1.70. The molecule has 124 valence electrons. The minimum atomic E-state index is -0.100. The molecule has 0 aliphatic heterocycles. The Kier molecular flexibility index (Phi) is 6.94. The van der Waals surface area contributed by atoms with Gasteiger partial charge in [-0.05, 0) is 47.0 Å².